The molecule has 1 aromatic rings. The lowest BCUT2D eigenvalue weighted by Crippen LogP contribution is -2.53. The molecule has 1 heterocycles. The molecule has 1 atom stereocenters. The van der Waals surface area contributed by atoms with E-state index in [-0.39, 0.29) is 19.1 Å². The highest BCUT2D eigenvalue weighted by molar-refractivity contribution is 6.05. The zero-order chi connectivity index (χ0) is 24.0. The molecule has 1 aromatic carbocycles. The fourth-order valence-electron chi connectivity index (χ4n) is 3.95. The second kappa shape index (κ2) is 10.8. The third kappa shape index (κ3) is 5.69. The number of rotatable bonds is 8. The molecule has 10 heteroatoms. The van der Waals surface area contributed by atoms with Crippen LogP contribution in [-0.4, -0.2) is 85.0 Å². The van der Waals surface area contributed by atoms with E-state index in [1.807, 2.05) is 7.05 Å². The number of nitrogens with one attached hydrogen (secondary N) is 2. The quantitative estimate of drug-likeness (QED) is 0.376. The highest BCUT2D eigenvalue weighted by Gasteiger charge is 2.52. The highest BCUT2D eigenvalue weighted by atomic mass is 16.5. The van der Waals surface area contributed by atoms with Crippen LogP contribution >= 0.6 is 0 Å². The number of aliphatic hydroxyl groups excluding tert-OH is 1. The monoisotopic (exact) mass is 460 g/mol. The summed E-state index contributed by atoms with van der Waals surface area (Å²) < 4.78 is 5.01. The summed E-state index contributed by atoms with van der Waals surface area (Å²) in [5, 5.41) is 15.6. The number of carbonyl (C=O) groups is 4. The molecule has 1 saturated heterocycles. The lowest BCUT2D eigenvalue weighted by atomic mass is 9.68. The molecular weight excluding hydrogens is 428 g/mol. The number of aliphatic hydroxyl groups is 1. The van der Waals surface area contributed by atoms with Crippen molar-refractivity contribution in [1.82, 2.24) is 15.1 Å². The van der Waals surface area contributed by atoms with Crippen LogP contribution in [0.3, 0.4) is 0 Å². The average molecular weight is 461 g/mol. The molecule has 2 fully saturated rings. The van der Waals surface area contributed by atoms with E-state index in [0.717, 1.165) is 19.5 Å². The predicted molar refractivity (Wildman–Crippen MR) is 120 cm³/mol. The van der Waals surface area contributed by atoms with Crippen LogP contribution in [0.1, 0.15) is 37.9 Å². The first-order valence-electron chi connectivity index (χ1n) is 11.3. The molecule has 1 saturated carbocycles. The van der Waals surface area contributed by atoms with E-state index in [9.17, 15) is 24.3 Å². The van der Waals surface area contributed by atoms with Crippen molar-refractivity contribution < 1.29 is 29.0 Å². The Morgan fingerprint density at radius 1 is 1.09 bits per heavy atom. The van der Waals surface area contributed by atoms with Crippen LogP contribution in [0, 0.1) is 5.41 Å². The van der Waals surface area contributed by atoms with Gasteiger partial charge < -0.3 is 30.3 Å². The molecule has 33 heavy (non-hydrogen) atoms. The van der Waals surface area contributed by atoms with E-state index < -0.39 is 29.3 Å². The number of piperazine rings is 1. The Bertz CT molecular complexity index is 875. The molecule has 180 valence electrons. The molecule has 1 unspecified atom stereocenters. The standard InChI is InChI=1S/C23H32N4O6/c1-3-33-22(32)23(9-4-10-23)21(31)24-15-18(28)25-17-7-5-16(6-8-17)19(29)20(30)27-13-11-26(2)12-14-27/h5-8,19,29H,3-4,9-15H2,1-2H3,(H,24,31)(H,25,28). The van der Waals surface area contributed by atoms with Gasteiger partial charge in [-0.1, -0.05) is 18.6 Å². The maximum absolute atomic E-state index is 12.5. The molecule has 0 bridgehead atoms. The van der Waals surface area contributed by atoms with Crippen molar-refractivity contribution in [2.75, 3.05) is 51.7 Å². The van der Waals surface area contributed by atoms with Crippen molar-refractivity contribution in [3.8, 4) is 0 Å². The van der Waals surface area contributed by atoms with Crippen LogP contribution in [0.25, 0.3) is 0 Å². The van der Waals surface area contributed by atoms with E-state index >= 15 is 0 Å². The molecule has 0 aromatic heterocycles. The van der Waals surface area contributed by atoms with Gasteiger partial charge in [-0.15, -0.1) is 0 Å². The topological polar surface area (TPSA) is 128 Å². The molecule has 3 amide bonds. The SMILES string of the molecule is CCOC(=O)C1(C(=O)NCC(=O)Nc2ccc(C(O)C(=O)N3CCN(C)CC3)cc2)CCC1. The van der Waals surface area contributed by atoms with Gasteiger partial charge in [-0.3, -0.25) is 19.2 Å². The number of benzene rings is 1. The van der Waals surface area contributed by atoms with E-state index in [2.05, 4.69) is 15.5 Å². The van der Waals surface area contributed by atoms with E-state index in [1.165, 1.54) is 0 Å². The first kappa shape index (κ1) is 24.7. The maximum atomic E-state index is 12.5. The first-order valence-corrected chi connectivity index (χ1v) is 11.3. The average Bonchev–Trinajstić information content (AvgIpc) is 2.77. The highest BCUT2D eigenvalue weighted by Crippen LogP contribution is 2.42. The van der Waals surface area contributed by atoms with Gasteiger partial charge in [0.1, 0.15) is 5.41 Å². The summed E-state index contributed by atoms with van der Waals surface area (Å²) in [6.45, 7) is 4.27. The molecular formula is C23H32N4O6. The van der Waals surface area contributed by atoms with Crippen molar-refractivity contribution in [1.29, 1.82) is 0 Å². The number of ether oxygens (including phenoxy) is 1. The number of hydrogen-bond donors (Lipinski definition) is 3. The molecule has 3 rings (SSSR count). The summed E-state index contributed by atoms with van der Waals surface area (Å²) in [5.41, 5.74) is -0.294. The number of nitrogens with zero attached hydrogens (tertiary/aromatic N) is 2. The number of amides is 3. The van der Waals surface area contributed by atoms with Gasteiger partial charge in [-0.05, 0) is 44.5 Å². The zero-order valence-corrected chi connectivity index (χ0v) is 19.1. The van der Waals surface area contributed by atoms with Crippen molar-refractivity contribution in [3.05, 3.63) is 29.8 Å². The predicted octanol–water partition coefficient (Wildman–Crippen LogP) is 0.282. The fraction of sp³-hybridized carbons (Fsp3) is 0.565. The maximum Gasteiger partial charge on any atom is 0.321 e. The minimum atomic E-state index is -1.26. The van der Waals surface area contributed by atoms with Crippen molar-refractivity contribution >= 4 is 29.4 Å². The number of anilines is 1. The van der Waals surface area contributed by atoms with Gasteiger partial charge in [0.05, 0.1) is 13.2 Å². The van der Waals surface area contributed by atoms with Gasteiger partial charge in [-0.25, -0.2) is 0 Å². The molecule has 0 spiro atoms. The minimum Gasteiger partial charge on any atom is -0.465 e. The largest absolute Gasteiger partial charge is 0.465 e. The number of likely N-dealkylation sites (N-methyl/N-ethyl adjacent to an activating group) is 1. The van der Waals surface area contributed by atoms with Crippen molar-refractivity contribution in [2.24, 2.45) is 5.41 Å². The second-order valence-corrected chi connectivity index (χ2v) is 8.54. The Morgan fingerprint density at radius 2 is 1.73 bits per heavy atom. The van der Waals surface area contributed by atoms with E-state index in [0.29, 0.717) is 37.2 Å². The molecule has 3 N–H and O–H groups in total. The molecule has 10 nitrogen and oxygen atoms in total. The Kier molecular flexibility index (Phi) is 8.04. The Hall–Kier alpha value is -2.98. The smallest absolute Gasteiger partial charge is 0.321 e. The molecule has 0 radical (unpaired) electrons. The number of hydrogen-bond acceptors (Lipinski definition) is 7. The minimum absolute atomic E-state index is 0.194. The van der Waals surface area contributed by atoms with Gasteiger partial charge in [0.2, 0.25) is 11.8 Å². The third-order valence-corrected chi connectivity index (χ3v) is 6.28. The lowest BCUT2D eigenvalue weighted by Gasteiger charge is -2.37. The summed E-state index contributed by atoms with van der Waals surface area (Å²) in [5.74, 6) is -1.84. The van der Waals surface area contributed by atoms with Crippen molar-refractivity contribution in [2.45, 2.75) is 32.3 Å². The number of esters is 1. The van der Waals surface area contributed by atoms with E-state index in [4.69, 9.17) is 4.74 Å². The van der Waals surface area contributed by atoms with Crippen LogP contribution in [0.5, 0.6) is 0 Å². The summed E-state index contributed by atoms with van der Waals surface area (Å²) in [6.07, 6.45) is 0.318. The fourth-order valence-corrected chi connectivity index (χ4v) is 3.95. The van der Waals surface area contributed by atoms with Gasteiger partial charge in [0.15, 0.2) is 6.10 Å². The summed E-state index contributed by atoms with van der Waals surface area (Å²) in [6, 6.07) is 6.33. The summed E-state index contributed by atoms with van der Waals surface area (Å²) in [4.78, 5) is 53.2. The Balaban J connectivity index is 1.49. The molecule has 2 aliphatic rings. The molecule has 1 aliphatic heterocycles. The second-order valence-electron chi connectivity index (χ2n) is 8.54. The lowest BCUT2D eigenvalue weighted by molar-refractivity contribution is -0.167. The summed E-state index contributed by atoms with van der Waals surface area (Å²) in [7, 11) is 1.99. The van der Waals surface area contributed by atoms with Gasteiger partial charge in [0, 0.05) is 31.9 Å². The first-order chi connectivity index (χ1) is 15.8. The molecule has 1 aliphatic carbocycles. The zero-order valence-electron chi connectivity index (χ0n) is 19.1. The Morgan fingerprint density at radius 3 is 2.27 bits per heavy atom. The van der Waals surface area contributed by atoms with Crippen LogP contribution < -0.4 is 10.6 Å². The number of carbonyl (C=O) groups excluding carboxylic acids is 4. The van der Waals surface area contributed by atoms with Crippen LogP contribution in [0.15, 0.2) is 24.3 Å². The normalized spacial score (nSPS) is 18.6. The van der Waals surface area contributed by atoms with Crippen LogP contribution in [-0.2, 0) is 23.9 Å². The van der Waals surface area contributed by atoms with E-state index in [1.54, 1.807) is 36.1 Å². The third-order valence-electron chi connectivity index (χ3n) is 6.28. The van der Waals surface area contributed by atoms with Gasteiger partial charge in [-0.2, -0.15) is 0 Å². The Labute approximate surface area is 193 Å². The van der Waals surface area contributed by atoms with Crippen molar-refractivity contribution in [3.63, 3.8) is 0 Å². The van der Waals surface area contributed by atoms with Gasteiger partial charge >= 0.3 is 5.97 Å². The summed E-state index contributed by atoms with van der Waals surface area (Å²) >= 11 is 0. The van der Waals surface area contributed by atoms with Crippen LogP contribution in [0.2, 0.25) is 0 Å². The van der Waals surface area contributed by atoms with Gasteiger partial charge in [0.25, 0.3) is 5.91 Å². The van der Waals surface area contributed by atoms with Crippen LogP contribution in [0.4, 0.5) is 5.69 Å².